The Hall–Kier alpha value is -7.86. The Kier molecular flexibility index (Phi) is 24.5. The number of benzene rings is 6. The molecule has 0 unspecified atom stereocenters. The highest BCUT2D eigenvalue weighted by Crippen LogP contribution is 2.22. The van der Waals surface area contributed by atoms with Crippen LogP contribution < -0.4 is 14.8 Å². The van der Waals surface area contributed by atoms with Crippen molar-refractivity contribution in [2.45, 2.75) is 40.8 Å². The number of nitrogens with zero attached hydrogens (tertiary/aromatic N) is 3. The van der Waals surface area contributed by atoms with Gasteiger partial charge in [0, 0.05) is 55.5 Å². The summed E-state index contributed by atoms with van der Waals surface area (Å²) in [5.41, 5.74) is 0.573. The summed E-state index contributed by atoms with van der Waals surface area (Å²) >= 11 is 0. The molecule has 6 aromatic carbocycles. The molecule has 0 aliphatic carbocycles. The molecule has 0 N–H and O–H groups in total. The third-order valence-electron chi connectivity index (χ3n) is 7.70. The van der Waals surface area contributed by atoms with Gasteiger partial charge >= 0.3 is 0 Å². The molecule has 6 nitrogen and oxygen atoms in total. The molecule has 66 heavy (non-hydrogen) atoms. The number of hydrogen-bond acceptors (Lipinski definition) is 6. The number of hydrogen-bond donors (Lipinski definition) is 0. The Bertz CT molecular complexity index is 2390. The first-order valence-corrected chi connectivity index (χ1v) is 17.7. The first-order chi connectivity index (χ1) is 31.3. The Balaban J connectivity index is 0.000000397. The molecule has 6 aromatic rings. The molecule has 0 spiro atoms. The number of alkyl halides is 3. The summed E-state index contributed by atoms with van der Waals surface area (Å²) in [6.07, 6.45) is 0. The third-order valence-corrected chi connectivity index (χ3v) is 7.70. The lowest BCUT2D eigenvalue weighted by Crippen LogP contribution is -1.93. The Morgan fingerprint density at radius 3 is 0.955 bits per heavy atom. The van der Waals surface area contributed by atoms with Gasteiger partial charge in [0.25, 0.3) is 0 Å². The Morgan fingerprint density at radius 2 is 0.697 bits per heavy atom. The van der Waals surface area contributed by atoms with Crippen LogP contribution in [0.4, 0.5) is 66.3 Å². The molecule has 0 aliphatic rings. The van der Waals surface area contributed by atoms with Gasteiger partial charge in [-0.25, -0.2) is 52.7 Å². The van der Waals surface area contributed by atoms with E-state index in [1.165, 1.54) is 35.9 Å². The van der Waals surface area contributed by atoms with Crippen molar-refractivity contribution in [3.05, 3.63) is 193 Å². The maximum Gasteiger partial charge on any atom is 0.177 e. The zero-order chi connectivity index (χ0) is 50.1. The molecule has 348 valence electrons. The number of rotatable bonds is 6. The lowest BCUT2D eigenvalue weighted by atomic mass is 10.1. The van der Waals surface area contributed by atoms with Gasteiger partial charge in [-0.15, -0.1) is 0 Å². The molecule has 0 aromatic heterocycles. The van der Waals surface area contributed by atoms with Crippen LogP contribution >= 0.6 is 0 Å². The van der Waals surface area contributed by atoms with E-state index in [0.717, 1.165) is 23.3 Å². The summed E-state index contributed by atoms with van der Waals surface area (Å²) in [4.78, 5) is 9.26. The highest BCUT2D eigenvalue weighted by molar-refractivity contribution is 5.39. The van der Waals surface area contributed by atoms with Gasteiger partial charge in [0.1, 0.15) is 107 Å². The van der Waals surface area contributed by atoms with E-state index < -0.39 is 105 Å². The van der Waals surface area contributed by atoms with E-state index in [1.54, 1.807) is 32.0 Å². The summed E-state index contributed by atoms with van der Waals surface area (Å²) < 4.78 is 183. The van der Waals surface area contributed by atoms with Gasteiger partial charge in [-0.1, -0.05) is 42.0 Å². The third kappa shape index (κ3) is 18.1. The van der Waals surface area contributed by atoms with Gasteiger partial charge < -0.3 is 0 Å². The fourth-order valence-corrected chi connectivity index (χ4v) is 4.40. The van der Waals surface area contributed by atoms with E-state index >= 15 is 0 Å². The van der Waals surface area contributed by atoms with Crippen molar-refractivity contribution in [2.24, 2.45) is 0 Å². The highest BCUT2D eigenvalue weighted by atomic mass is 19.3. The number of nitriles is 3. The molecular formula is C45H30F15N3O3. The van der Waals surface area contributed by atoms with Crippen molar-refractivity contribution < 1.29 is 81.1 Å². The standard InChI is InChI=1S/C8H7F3.C8H8F2.C8H9F.3C7H2F3NO/c1-5-2-7(10)6(4-9)8(11)3-5;1-6-2-3-7(5-9)8(10)4-6;1-7-2-4-8(6-9)5-3-7;3*8-6-1-4(12-10)2-7(9)5(6)3-11/h2-3H,4H2,1H3;2-4H,5H2,1H3;2-5H,6H2,1H3;3*1-2H. The zero-order valence-corrected chi connectivity index (χ0v) is 34.0. The van der Waals surface area contributed by atoms with Crippen LogP contribution in [0.3, 0.4) is 0 Å². The second-order valence-electron chi connectivity index (χ2n) is 12.5. The van der Waals surface area contributed by atoms with E-state index in [0.29, 0.717) is 42.0 Å². The van der Waals surface area contributed by atoms with E-state index in [-0.39, 0.29) is 12.2 Å². The van der Waals surface area contributed by atoms with Crippen molar-refractivity contribution >= 4 is 0 Å². The molecule has 0 fully saturated rings. The monoisotopic (exact) mass is 945 g/mol. The fraction of sp³-hybridized carbons (Fsp3) is 0.133. The SMILES string of the molecule is Cc1cc(F)c(CF)c(F)c1.Cc1ccc(CF)c(F)c1.Cc1ccc(CF)cc1.N#Cc1c(F)cc(OF)cc1F.N#Cc1c(F)cc(OF)cc1F.N#Cc1c(F)cc(OF)cc1F. The Labute approximate surface area is 366 Å². The lowest BCUT2D eigenvalue weighted by molar-refractivity contribution is -0.00692. The molecule has 0 radical (unpaired) electrons. The van der Waals surface area contributed by atoms with Crippen molar-refractivity contribution in [2.75, 3.05) is 0 Å². The minimum Gasteiger partial charge on any atom is -0.294 e. The van der Waals surface area contributed by atoms with Crippen molar-refractivity contribution in [3.8, 4) is 35.5 Å². The van der Waals surface area contributed by atoms with E-state index in [4.69, 9.17) is 15.8 Å². The first kappa shape index (κ1) is 56.2. The second-order valence-corrected chi connectivity index (χ2v) is 12.5. The molecule has 0 saturated heterocycles. The minimum absolute atomic E-state index is 0.130. The normalized spacial score (nSPS) is 9.50. The quantitative estimate of drug-likeness (QED) is 0.154. The smallest absolute Gasteiger partial charge is 0.177 e. The summed E-state index contributed by atoms with van der Waals surface area (Å²) in [6, 6.07) is 21.5. The van der Waals surface area contributed by atoms with E-state index in [2.05, 4.69) is 14.8 Å². The van der Waals surface area contributed by atoms with Crippen molar-refractivity contribution in [1.29, 1.82) is 15.8 Å². The van der Waals surface area contributed by atoms with Crippen LogP contribution in [-0.4, -0.2) is 0 Å². The average molecular weight is 946 g/mol. The maximum atomic E-state index is 12.6. The summed E-state index contributed by atoms with van der Waals surface area (Å²) in [5, 5.41) is 24.6. The van der Waals surface area contributed by atoms with Crippen LogP contribution in [0, 0.1) is 107 Å². The van der Waals surface area contributed by atoms with Gasteiger partial charge in [-0.2, -0.15) is 15.8 Å². The highest BCUT2D eigenvalue weighted by Gasteiger charge is 2.14. The molecular weight excluding hydrogens is 915 g/mol. The molecule has 0 heterocycles. The van der Waals surface area contributed by atoms with Gasteiger partial charge in [0.2, 0.25) is 0 Å². The van der Waals surface area contributed by atoms with E-state index in [9.17, 15) is 66.3 Å². The molecule has 21 heteroatoms. The average Bonchev–Trinajstić information content (AvgIpc) is 3.27. The van der Waals surface area contributed by atoms with Crippen molar-refractivity contribution in [1.82, 2.24) is 0 Å². The molecule has 0 atom stereocenters. The van der Waals surface area contributed by atoms with Gasteiger partial charge in [0.15, 0.2) is 17.2 Å². The first-order valence-electron chi connectivity index (χ1n) is 17.7. The summed E-state index contributed by atoms with van der Waals surface area (Å²) in [7, 11) is 0. The predicted octanol–water partition coefficient (Wildman–Crippen LogP) is 14.1. The van der Waals surface area contributed by atoms with Crippen LogP contribution in [0.25, 0.3) is 0 Å². The molecule has 0 aliphatic heterocycles. The topological polar surface area (TPSA) is 99.1 Å². The van der Waals surface area contributed by atoms with Crippen LogP contribution in [-0.2, 0) is 20.0 Å². The lowest BCUT2D eigenvalue weighted by Gasteiger charge is -2.00. The van der Waals surface area contributed by atoms with Gasteiger partial charge in [0.05, 0.1) is 5.56 Å². The Morgan fingerprint density at radius 1 is 0.379 bits per heavy atom. The summed E-state index contributed by atoms with van der Waals surface area (Å²) in [6.45, 7) is 3.12. The second kappa shape index (κ2) is 28.8. The zero-order valence-electron chi connectivity index (χ0n) is 34.0. The van der Waals surface area contributed by atoms with E-state index in [1.807, 2.05) is 19.1 Å². The van der Waals surface area contributed by atoms with Gasteiger partial charge in [-0.05, 0) is 55.7 Å². The number of halogens is 15. The number of aryl methyl sites for hydroxylation is 3. The fourth-order valence-electron chi connectivity index (χ4n) is 4.40. The van der Waals surface area contributed by atoms with Gasteiger partial charge in [-0.3, -0.25) is 14.8 Å². The summed E-state index contributed by atoms with van der Waals surface area (Å²) in [5.74, 6) is -10.8. The molecule has 0 amide bonds. The molecule has 0 saturated carbocycles. The van der Waals surface area contributed by atoms with Crippen LogP contribution in [0.1, 0.15) is 50.1 Å². The minimum atomic E-state index is -1.15. The largest absolute Gasteiger partial charge is 0.294 e. The predicted molar refractivity (Wildman–Crippen MR) is 206 cm³/mol. The molecule has 0 bridgehead atoms. The molecule has 6 rings (SSSR count). The maximum absolute atomic E-state index is 12.6. The van der Waals surface area contributed by atoms with Crippen LogP contribution in [0.5, 0.6) is 17.2 Å². The van der Waals surface area contributed by atoms with Crippen LogP contribution in [0.15, 0.2) is 91.0 Å². The van der Waals surface area contributed by atoms with Crippen LogP contribution in [0.2, 0.25) is 0 Å². The van der Waals surface area contributed by atoms with Crippen molar-refractivity contribution in [3.63, 3.8) is 0 Å².